The van der Waals surface area contributed by atoms with E-state index in [1.54, 1.807) is 0 Å². The van der Waals surface area contributed by atoms with E-state index in [0.717, 1.165) is 76.7 Å². The molecule has 134 valence electrons. The van der Waals surface area contributed by atoms with Crippen LogP contribution < -0.4 is 5.32 Å². The van der Waals surface area contributed by atoms with Crippen molar-refractivity contribution < 1.29 is 9.47 Å². The van der Waals surface area contributed by atoms with Gasteiger partial charge in [-0.1, -0.05) is 6.92 Å². The SMILES string of the molecule is CCNC(=NCCCOCC1CCOC1)N1CCSC(CC)C1. The van der Waals surface area contributed by atoms with Gasteiger partial charge in [0, 0.05) is 56.3 Å². The minimum Gasteiger partial charge on any atom is -0.381 e. The number of aliphatic imine (C=N–C) groups is 1. The van der Waals surface area contributed by atoms with Crippen molar-refractivity contribution >= 4 is 17.7 Å². The van der Waals surface area contributed by atoms with Gasteiger partial charge in [0.05, 0.1) is 13.2 Å². The van der Waals surface area contributed by atoms with Gasteiger partial charge in [-0.15, -0.1) is 0 Å². The van der Waals surface area contributed by atoms with Crippen LogP contribution in [0.25, 0.3) is 0 Å². The Morgan fingerprint density at radius 3 is 3.09 bits per heavy atom. The summed E-state index contributed by atoms with van der Waals surface area (Å²) in [4.78, 5) is 7.21. The van der Waals surface area contributed by atoms with Crippen LogP contribution in [-0.4, -0.2) is 74.5 Å². The second kappa shape index (κ2) is 11.2. The van der Waals surface area contributed by atoms with E-state index in [0.29, 0.717) is 5.92 Å². The summed E-state index contributed by atoms with van der Waals surface area (Å²) in [6, 6.07) is 0. The lowest BCUT2D eigenvalue weighted by atomic mass is 10.1. The molecule has 0 saturated carbocycles. The molecule has 2 heterocycles. The summed E-state index contributed by atoms with van der Waals surface area (Å²) in [5.74, 6) is 2.89. The van der Waals surface area contributed by atoms with Crippen LogP contribution in [0.2, 0.25) is 0 Å². The molecule has 2 saturated heterocycles. The van der Waals surface area contributed by atoms with Crippen molar-refractivity contribution in [1.82, 2.24) is 10.2 Å². The van der Waals surface area contributed by atoms with E-state index < -0.39 is 0 Å². The fourth-order valence-electron chi connectivity index (χ4n) is 2.90. The van der Waals surface area contributed by atoms with E-state index in [1.807, 2.05) is 0 Å². The molecule has 2 aliphatic rings. The molecule has 5 nitrogen and oxygen atoms in total. The molecule has 0 aromatic heterocycles. The van der Waals surface area contributed by atoms with Crippen LogP contribution in [-0.2, 0) is 9.47 Å². The molecule has 2 aliphatic heterocycles. The number of nitrogens with one attached hydrogen (secondary N) is 1. The number of nitrogens with zero attached hydrogens (tertiary/aromatic N) is 2. The standard InChI is InChI=1S/C17H33N3O2S/c1-3-16-12-20(8-11-23-16)17(18-4-2)19-7-5-9-21-13-15-6-10-22-14-15/h15-16H,3-14H2,1-2H3,(H,18,19). The summed E-state index contributed by atoms with van der Waals surface area (Å²) >= 11 is 2.09. The zero-order chi connectivity index (χ0) is 16.3. The monoisotopic (exact) mass is 343 g/mol. The van der Waals surface area contributed by atoms with Gasteiger partial charge in [-0.3, -0.25) is 4.99 Å². The molecule has 1 N–H and O–H groups in total. The van der Waals surface area contributed by atoms with Crippen LogP contribution in [0.5, 0.6) is 0 Å². The Labute approximate surface area is 145 Å². The fourth-order valence-corrected chi connectivity index (χ4v) is 4.08. The molecule has 23 heavy (non-hydrogen) atoms. The molecule has 0 spiro atoms. The van der Waals surface area contributed by atoms with Crippen molar-refractivity contribution in [2.45, 2.75) is 38.4 Å². The van der Waals surface area contributed by atoms with E-state index in [1.165, 1.54) is 12.2 Å². The quantitative estimate of drug-likeness (QED) is 0.416. The van der Waals surface area contributed by atoms with Gasteiger partial charge >= 0.3 is 0 Å². The first kappa shape index (κ1) is 18.9. The molecule has 2 rings (SSSR count). The first-order chi connectivity index (χ1) is 11.3. The van der Waals surface area contributed by atoms with Crippen molar-refractivity contribution in [2.75, 3.05) is 58.4 Å². The molecular formula is C17H33N3O2S. The van der Waals surface area contributed by atoms with E-state index in [4.69, 9.17) is 14.5 Å². The van der Waals surface area contributed by atoms with Crippen molar-refractivity contribution in [1.29, 1.82) is 0 Å². The number of rotatable bonds is 8. The zero-order valence-electron chi connectivity index (χ0n) is 14.8. The number of hydrogen-bond donors (Lipinski definition) is 1. The Kier molecular flexibility index (Phi) is 9.15. The predicted octanol–water partition coefficient (Wildman–Crippen LogP) is 2.22. The highest BCUT2D eigenvalue weighted by Crippen LogP contribution is 2.21. The summed E-state index contributed by atoms with van der Waals surface area (Å²) < 4.78 is 11.1. The third-order valence-corrected chi connectivity index (χ3v) is 5.69. The van der Waals surface area contributed by atoms with Gasteiger partial charge in [0.25, 0.3) is 0 Å². The Morgan fingerprint density at radius 2 is 2.35 bits per heavy atom. The van der Waals surface area contributed by atoms with Gasteiger partial charge in [-0.2, -0.15) is 11.8 Å². The molecule has 2 unspecified atom stereocenters. The summed E-state index contributed by atoms with van der Waals surface area (Å²) in [6.45, 7) is 11.8. The number of hydrogen-bond acceptors (Lipinski definition) is 4. The van der Waals surface area contributed by atoms with Crippen molar-refractivity contribution in [3.8, 4) is 0 Å². The third-order valence-electron chi connectivity index (χ3n) is 4.31. The highest BCUT2D eigenvalue weighted by atomic mass is 32.2. The lowest BCUT2D eigenvalue weighted by Gasteiger charge is -2.34. The lowest BCUT2D eigenvalue weighted by Crippen LogP contribution is -2.48. The van der Waals surface area contributed by atoms with Gasteiger partial charge in [-0.25, -0.2) is 0 Å². The van der Waals surface area contributed by atoms with Gasteiger partial charge in [-0.05, 0) is 26.2 Å². The Balaban J connectivity index is 1.66. The molecule has 6 heteroatoms. The Bertz CT molecular complexity index is 349. The maximum absolute atomic E-state index is 5.75. The first-order valence-corrected chi connectivity index (χ1v) is 10.2. The van der Waals surface area contributed by atoms with Crippen molar-refractivity contribution in [3.05, 3.63) is 0 Å². The fraction of sp³-hybridized carbons (Fsp3) is 0.941. The van der Waals surface area contributed by atoms with Gasteiger partial charge < -0.3 is 19.7 Å². The highest BCUT2D eigenvalue weighted by Gasteiger charge is 2.21. The maximum atomic E-state index is 5.75. The van der Waals surface area contributed by atoms with Crippen LogP contribution in [0.4, 0.5) is 0 Å². The second-order valence-electron chi connectivity index (χ2n) is 6.24. The minimum atomic E-state index is 0.604. The van der Waals surface area contributed by atoms with E-state index in [-0.39, 0.29) is 0 Å². The molecule has 0 aliphatic carbocycles. The minimum absolute atomic E-state index is 0.604. The summed E-state index contributed by atoms with van der Waals surface area (Å²) in [6.07, 6.45) is 3.37. The van der Waals surface area contributed by atoms with E-state index >= 15 is 0 Å². The normalized spacial score (nSPS) is 25.8. The third kappa shape index (κ3) is 6.89. The average molecular weight is 344 g/mol. The van der Waals surface area contributed by atoms with Crippen molar-refractivity contribution in [3.63, 3.8) is 0 Å². The summed E-state index contributed by atoms with van der Waals surface area (Å²) in [5.41, 5.74) is 0. The highest BCUT2D eigenvalue weighted by molar-refractivity contribution is 8.00. The molecule has 0 aromatic carbocycles. The average Bonchev–Trinajstić information content (AvgIpc) is 3.10. The van der Waals surface area contributed by atoms with Gasteiger partial charge in [0.2, 0.25) is 0 Å². The van der Waals surface area contributed by atoms with E-state index in [2.05, 4.69) is 35.8 Å². The van der Waals surface area contributed by atoms with Crippen LogP contribution in [0.1, 0.15) is 33.1 Å². The van der Waals surface area contributed by atoms with Crippen molar-refractivity contribution in [2.24, 2.45) is 10.9 Å². The lowest BCUT2D eigenvalue weighted by molar-refractivity contribution is 0.0893. The molecular weight excluding hydrogens is 310 g/mol. The van der Waals surface area contributed by atoms with E-state index in [9.17, 15) is 0 Å². The number of guanidine groups is 1. The molecule has 0 bridgehead atoms. The Morgan fingerprint density at radius 1 is 1.43 bits per heavy atom. The molecule has 0 aromatic rings. The van der Waals surface area contributed by atoms with Crippen LogP contribution in [0.3, 0.4) is 0 Å². The largest absolute Gasteiger partial charge is 0.381 e. The molecule has 2 atom stereocenters. The maximum Gasteiger partial charge on any atom is 0.193 e. The molecule has 0 amide bonds. The predicted molar refractivity (Wildman–Crippen MR) is 98.5 cm³/mol. The van der Waals surface area contributed by atoms with Crippen LogP contribution in [0.15, 0.2) is 4.99 Å². The summed E-state index contributed by atoms with van der Waals surface area (Å²) in [5, 5.41) is 4.18. The second-order valence-corrected chi connectivity index (χ2v) is 7.65. The molecule has 0 radical (unpaired) electrons. The van der Waals surface area contributed by atoms with Crippen LogP contribution >= 0.6 is 11.8 Å². The number of ether oxygens (including phenoxy) is 2. The van der Waals surface area contributed by atoms with Gasteiger partial charge in [0.1, 0.15) is 0 Å². The topological polar surface area (TPSA) is 46.1 Å². The summed E-state index contributed by atoms with van der Waals surface area (Å²) in [7, 11) is 0. The molecule has 2 fully saturated rings. The Hall–Kier alpha value is -0.460. The first-order valence-electron chi connectivity index (χ1n) is 9.13. The smallest absolute Gasteiger partial charge is 0.193 e. The zero-order valence-corrected chi connectivity index (χ0v) is 15.6. The van der Waals surface area contributed by atoms with Gasteiger partial charge in [0.15, 0.2) is 5.96 Å². The number of thioether (sulfide) groups is 1. The van der Waals surface area contributed by atoms with Crippen LogP contribution in [0, 0.1) is 5.92 Å².